The van der Waals surface area contributed by atoms with Crippen LogP contribution in [0.25, 0.3) is 16.9 Å². The van der Waals surface area contributed by atoms with Crippen LogP contribution in [0.2, 0.25) is 0 Å². The van der Waals surface area contributed by atoms with E-state index >= 15 is 0 Å². The molecule has 0 saturated heterocycles. The largest absolute Gasteiger partial charge is 0.298 e. The number of aldehydes is 1. The van der Waals surface area contributed by atoms with Crippen LogP contribution in [0, 0.1) is 13.8 Å². The van der Waals surface area contributed by atoms with Crippen LogP contribution in [-0.2, 0) is 0 Å². The van der Waals surface area contributed by atoms with E-state index in [0.717, 1.165) is 17.5 Å². The van der Waals surface area contributed by atoms with E-state index < -0.39 is 0 Å². The number of hydrogen-bond donors (Lipinski definition) is 0. The van der Waals surface area contributed by atoms with Crippen LogP contribution < -0.4 is 0 Å². The minimum Gasteiger partial charge on any atom is -0.298 e. The summed E-state index contributed by atoms with van der Waals surface area (Å²) in [4.78, 5) is 15.3. The van der Waals surface area contributed by atoms with Gasteiger partial charge in [0.1, 0.15) is 5.69 Å². The predicted octanol–water partition coefficient (Wildman–Crippen LogP) is 3.36. The maximum absolute atomic E-state index is 11.3. The van der Waals surface area contributed by atoms with Gasteiger partial charge in [0, 0.05) is 24.2 Å². The van der Waals surface area contributed by atoms with Crippen molar-refractivity contribution >= 4 is 6.29 Å². The molecule has 0 saturated carbocycles. The molecule has 0 atom stereocenters. The highest BCUT2D eigenvalue weighted by Crippen LogP contribution is 2.24. The summed E-state index contributed by atoms with van der Waals surface area (Å²) in [5, 5.41) is 4.55. The Morgan fingerprint density at radius 1 is 1.05 bits per heavy atom. The monoisotopic (exact) mass is 277 g/mol. The second-order valence-electron chi connectivity index (χ2n) is 5.00. The molecular formula is C17H15N3O. The van der Waals surface area contributed by atoms with Crippen LogP contribution in [0.5, 0.6) is 0 Å². The fraction of sp³-hybridized carbons (Fsp3) is 0.118. The lowest BCUT2D eigenvalue weighted by Gasteiger charge is -2.03. The molecule has 3 rings (SSSR count). The summed E-state index contributed by atoms with van der Waals surface area (Å²) < 4.78 is 1.70. The lowest BCUT2D eigenvalue weighted by molar-refractivity contribution is 0.112. The van der Waals surface area contributed by atoms with E-state index in [4.69, 9.17) is 0 Å². The third kappa shape index (κ3) is 2.48. The van der Waals surface area contributed by atoms with Gasteiger partial charge in [-0.05, 0) is 43.2 Å². The summed E-state index contributed by atoms with van der Waals surface area (Å²) in [7, 11) is 0. The third-order valence-electron chi connectivity index (χ3n) is 3.58. The molecule has 3 aromatic rings. The first-order valence-electron chi connectivity index (χ1n) is 6.72. The van der Waals surface area contributed by atoms with Gasteiger partial charge in [-0.15, -0.1) is 0 Å². The number of aromatic nitrogens is 3. The molecule has 4 heteroatoms. The van der Waals surface area contributed by atoms with Gasteiger partial charge in [-0.2, -0.15) is 5.10 Å². The van der Waals surface area contributed by atoms with Crippen molar-refractivity contribution in [2.45, 2.75) is 13.8 Å². The molecule has 0 spiro atoms. The van der Waals surface area contributed by atoms with Gasteiger partial charge in [0.05, 0.1) is 11.3 Å². The van der Waals surface area contributed by atoms with Crippen molar-refractivity contribution in [3.63, 3.8) is 0 Å². The molecule has 0 amide bonds. The fourth-order valence-electron chi connectivity index (χ4n) is 2.22. The van der Waals surface area contributed by atoms with Gasteiger partial charge < -0.3 is 0 Å². The molecule has 104 valence electrons. The number of pyridine rings is 1. The Hall–Kier alpha value is -2.75. The number of benzene rings is 1. The second kappa shape index (κ2) is 5.32. The van der Waals surface area contributed by atoms with Crippen molar-refractivity contribution in [1.82, 2.24) is 14.8 Å². The first-order valence-corrected chi connectivity index (χ1v) is 6.72. The molecule has 1 aromatic carbocycles. The molecule has 21 heavy (non-hydrogen) atoms. The Bertz CT molecular complexity index is 791. The van der Waals surface area contributed by atoms with Crippen LogP contribution in [0.1, 0.15) is 21.5 Å². The van der Waals surface area contributed by atoms with Crippen LogP contribution >= 0.6 is 0 Å². The van der Waals surface area contributed by atoms with E-state index in [2.05, 4.69) is 30.0 Å². The second-order valence-corrected chi connectivity index (χ2v) is 5.00. The maximum Gasteiger partial charge on any atom is 0.153 e. The van der Waals surface area contributed by atoms with Gasteiger partial charge in [0.2, 0.25) is 0 Å². The van der Waals surface area contributed by atoms with Gasteiger partial charge in [0.25, 0.3) is 0 Å². The number of carbonyl (C=O) groups excluding carboxylic acids is 1. The molecule has 2 heterocycles. The van der Waals surface area contributed by atoms with Gasteiger partial charge in [-0.3, -0.25) is 9.78 Å². The van der Waals surface area contributed by atoms with Crippen molar-refractivity contribution in [2.24, 2.45) is 0 Å². The summed E-state index contributed by atoms with van der Waals surface area (Å²) >= 11 is 0. The average molecular weight is 277 g/mol. The summed E-state index contributed by atoms with van der Waals surface area (Å²) in [6, 6.07) is 9.80. The Kier molecular flexibility index (Phi) is 3.36. The minimum absolute atomic E-state index is 0.579. The van der Waals surface area contributed by atoms with Gasteiger partial charge in [0.15, 0.2) is 6.29 Å². The molecule has 2 aromatic heterocycles. The molecule has 0 N–H and O–H groups in total. The van der Waals surface area contributed by atoms with Crippen molar-refractivity contribution < 1.29 is 4.79 Å². The van der Waals surface area contributed by atoms with E-state index in [1.807, 2.05) is 24.3 Å². The summed E-state index contributed by atoms with van der Waals surface area (Å²) in [6.45, 7) is 4.12. The molecule has 0 aliphatic rings. The molecular weight excluding hydrogens is 262 g/mol. The number of nitrogens with zero attached hydrogens (tertiary/aromatic N) is 3. The van der Waals surface area contributed by atoms with E-state index in [9.17, 15) is 4.79 Å². The molecule has 4 nitrogen and oxygen atoms in total. The molecule has 0 aliphatic carbocycles. The van der Waals surface area contributed by atoms with Gasteiger partial charge in [-0.1, -0.05) is 12.1 Å². The zero-order valence-corrected chi connectivity index (χ0v) is 11.9. The first-order chi connectivity index (χ1) is 10.2. The van der Waals surface area contributed by atoms with E-state index in [1.54, 1.807) is 23.3 Å². The zero-order valence-electron chi connectivity index (χ0n) is 11.9. The van der Waals surface area contributed by atoms with E-state index in [-0.39, 0.29) is 0 Å². The number of carbonyl (C=O) groups is 1. The summed E-state index contributed by atoms with van der Waals surface area (Å²) in [5.41, 5.74) is 5.51. The highest BCUT2D eigenvalue weighted by atomic mass is 16.1. The maximum atomic E-state index is 11.3. The lowest BCUT2D eigenvalue weighted by Crippen LogP contribution is -1.94. The fourth-order valence-corrected chi connectivity index (χ4v) is 2.22. The molecule has 0 aliphatic heterocycles. The topological polar surface area (TPSA) is 47.8 Å². The number of hydrogen-bond acceptors (Lipinski definition) is 3. The first kappa shape index (κ1) is 13.2. The van der Waals surface area contributed by atoms with Crippen molar-refractivity contribution in [3.8, 4) is 16.9 Å². The Labute approximate surface area is 123 Å². The molecule has 0 bridgehead atoms. The van der Waals surface area contributed by atoms with Gasteiger partial charge >= 0.3 is 0 Å². The standard InChI is InChI=1S/C17H15N3O/c1-12-3-4-14(9-13(12)2)17-15(11-21)10-20(19-17)16-5-7-18-8-6-16/h3-11H,1-2H3. The molecule has 0 unspecified atom stereocenters. The zero-order chi connectivity index (χ0) is 14.8. The van der Waals surface area contributed by atoms with E-state index in [1.165, 1.54) is 11.1 Å². The van der Waals surface area contributed by atoms with Crippen LogP contribution in [-0.4, -0.2) is 21.1 Å². The van der Waals surface area contributed by atoms with Crippen LogP contribution in [0.15, 0.2) is 48.9 Å². The quantitative estimate of drug-likeness (QED) is 0.690. The van der Waals surface area contributed by atoms with E-state index in [0.29, 0.717) is 11.3 Å². The van der Waals surface area contributed by atoms with Crippen molar-refractivity contribution in [1.29, 1.82) is 0 Å². The average Bonchev–Trinajstić information content (AvgIpc) is 2.95. The molecule has 0 fully saturated rings. The number of rotatable bonds is 3. The Balaban J connectivity index is 2.12. The van der Waals surface area contributed by atoms with Crippen molar-refractivity contribution in [2.75, 3.05) is 0 Å². The normalized spacial score (nSPS) is 10.6. The third-order valence-corrected chi connectivity index (χ3v) is 3.58. The predicted molar refractivity (Wildman–Crippen MR) is 81.7 cm³/mol. The summed E-state index contributed by atoms with van der Waals surface area (Å²) in [5.74, 6) is 0. The summed E-state index contributed by atoms with van der Waals surface area (Å²) in [6.07, 6.45) is 5.99. The minimum atomic E-state index is 0.579. The smallest absolute Gasteiger partial charge is 0.153 e. The van der Waals surface area contributed by atoms with Crippen LogP contribution in [0.4, 0.5) is 0 Å². The Morgan fingerprint density at radius 2 is 1.81 bits per heavy atom. The Morgan fingerprint density at radius 3 is 2.48 bits per heavy atom. The highest BCUT2D eigenvalue weighted by Gasteiger charge is 2.12. The SMILES string of the molecule is Cc1ccc(-c2nn(-c3ccncc3)cc2C=O)cc1C. The highest BCUT2D eigenvalue weighted by molar-refractivity contribution is 5.85. The van der Waals surface area contributed by atoms with Crippen LogP contribution in [0.3, 0.4) is 0 Å². The molecule has 0 radical (unpaired) electrons. The number of aryl methyl sites for hydroxylation is 2. The van der Waals surface area contributed by atoms with Gasteiger partial charge in [-0.25, -0.2) is 4.68 Å². The lowest BCUT2D eigenvalue weighted by atomic mass is 10.0. The van der Waals surface area contributed by atoms with Crippen molar-refractivity contribution in [3.05, 3.63) is 65.6 Å².